The Morgan fingerprint density at radius 2 is 1.00 bits per heavy atom. The zero-order valence-electron chi connectivity index (χ0n) is 28.3. The Morgan fingerprint density at radius 3 is 1.34 bits per heavy atom. The lowest BCUT2D eigenvalue weighted by Gasteiger charge is -2.35. The minimum Gasteiger partial charge on any atom is -0.302 e. The van der Waals surface area contributed by atoms with Crippen molar-refractivity contribution in [3.05, 3.63) is 81.9 Å². The summed E-state index contributed by atoms with van der Waals surface area (Å²) in [5.41, 5.74) is 8.42. The molecule has 2 aromatic carbocycles. The molecule has 2 N–H and O–H groups in total. The summed E-state index contributed by atoms with van der Waals surface area (Å²) in [6.45, 7) is 14.7. The third-order valence-corrected chi connectivity index (χ3v) is 9.19. The lowest BCUT2D eigenvalue weighted by atomic mass is 9.85. The highest BCUT2D eigenvalue weighted by Crippen LogP contribution is 2.25. The van der Waals surface area contributed by atoms with Gasteiger partial charge in [0.1, 0.15) is 0 Å². The molecule has 2 fully saturated rings. The van der Waals surface area contributed by atoms with Crippen molar-refractivity contribution in [3.63, 3.8) is 0 Å². The number of urea groups is 1. The number of hydrogen-bond donors (Lipinski definition) is 2. The molecular weight excluding hydrogens is 651 g/mol. The quantitative estimate of drug-likeness (QED) is 0.171. The fraction of sp³-hybridized carbons (Fsp3) is 0.486. The van der Waals surface area contributed by atoms with E-state index in [2.05, 4.69) is 58.5 Å². The Balaban J connectivity index is 0.00000600. The Kier molecular flexibility index (Phi) is 15.5. The lowest BCUT2D eigenvalue weighted by molar-refractivity contribution is 0.186. The Morgan fingerprint density at radius 1 is 0.660 bits per heavy atom. The number of nitrogens with zero attached hydrogens (tertiary/aromatic N) is 4. The van der Waals surface area contributed by atoms with E-state index < -0.39 is 6.03 Å². The number of carbonyl (C=O) groups is 1. The van der Waals surface area contributed by atoms with Crippen LogP contribution >= 0.6 is 35.6 Å². The largest absolute Gasteiger partial charge is 0.355 e. The number of allylic oxidation sites excluding steroid dienone is 2. The smallest absolute Gasteiger partial charge is 0.302 e. The number of rotatable bonds is 12. The molecule has 10 heteroatoms. The van der Waals surface area contributed by atoms with E-state index in [1.54, 1.807) is 0 Å². The molecule has 0 atom stereocenters. The summed E-state index contributed by atoms with van der Waals surface area (Å²) in [7, 11) is 0. The van der Waals surface area contributed by atoms with Crippen LogP contribution in [-0.2, 0) is 0 Å². The van der Waals surface area contributed by atoms with Crippen LogP contribution in [-0.4, -0.2) is 66.5 Å². The highest BCUT2D eigenvalue weighted by Gasteiger charge is 2.29. The van der Waals surface area contributed by atoms with Crippen LogP contribution in [0.2, 0.25) is 10.0 Å². The van der Waals surface area contributed by atoms with E-state index in [0.29, 0.717) is 10.0 Å². The zero-order valence-corrected chi connectivity index (χ0v) is 30.6. The molecule has 2 amide bonds. The molecule has 2 aliphatic rings. The van der Waals surface area contributed by atoms with E-state index in [4.69, 9.17) is 23.2 Å². The van der Waals surface area contributed by atoms with Gasteiger partial charge < -0.3 is 9.80 Å². The van der Waals surface area contributed by atoms with Crippen molar-refractivity contribution in [2.75, 3.05) is 39.3 Å². The number of carbonyl (C=O) groups excluding carboxylic acids is 1. The summed E-state index contributed by atoms with van der Waals surface area (Å²) in [6, 6.07) is 14.8. The number of likely N-dealkylation sites (tertiary alicyclic amines) is 2. The summed E-state index contributed by atoms with van der Waals surface area (Å²) < 4.78 is 0. The summed E-state index contributed by atoms with van der Waals surface area (Å²) in [5.74, 6) is 0. The van der Waals surface area contributed by atoms with Crippen molar-refractivity contribution in [1.29, 1.82) is 0 Å². The fourth-order valence-corrected chi connectivity index (χ4v) is 6.34. The molecule has 0 spiro atoms. The fourth-order valence-electron chi connectivity index (χ4n) is 6.09. The van der Waals surface area contributed by atoms with Gasteiger partial charge in [-0.2, -0.15) is 10.2 Å². The molecule has 0 saturated carbocycles. The predicted molar refractivity (Wildman–Crippen MR) is 203 cm³/mol. The molecule has 4 rings (SSSR count). The molecule has 0 aromatic heterocycles. The van der Waals surface area contributed by atoms with E-state index in [0.717, 1.165) is 61.8 Å². The first-order valence-electron chi connectivity index (χ1n) is 16.5. The third-order valence-electron chi connectivity index (χ3n) is 8.69. The van der Waals surface area contributed by atoms with E-state index in [9.17, 15) is 4.79 Å². The lowest BCUT2D eigenvalue weighted by Crippen LogP contribution is -2.43. The first-order valence-corrected chi connectivity index (χ1v) is 17.3. The molecule has 0 radical (unpaired) electrons. The first-order chi connectivity index (χ1) is 22.0. The summed E-state index contributed by atoms with van der Waals surface area (Å²) in [6.07, 6.45) is 15.4. The second-order valence-corrected chi connectivity index (χ2v) is 14.6. The second kappa shape index (κ2) is 18.8. The minimum atomic E-state index is -0.489. The molecule has 2 heterocycles. The van der Waals surface area contributed by atoms with Gasteiger partial charge in [-0.25, -0.2) is 15.6 Å². The number of piperidine rings is 2. The number of halogens is 3. The molecular formula is C37H51Cl3N6O. The van der Waals surface area contributed by atoms with Crippen LogP contribution in [0.25, 0.3) is 12.2 Å². The average Bonchev–Trinajstić information content (AvgIpc) is 3.03. The van der Waals surface area contributed by atoms with Crippen molar-refractivity contribution < 1.29 is 4.79 Å². The summed E-state index contributed by atoms with van der Waals surface area (Å²) in [4.78, 5) is 18.2. The molecule has 0 unspecified atom stereocenters. The van der Waals surface area contributed by atoms with Gasteiger partial charge in [-0.05, 0) is 99.4 Å². The normalized spacial score (nSPS) is 17.6. The zero-order chi connectivity index (χ0) is 33.0. The van der Waals surface area contributed by atoms with Crippen LogP contribution in [0.1, 0.15) is 77.3 Å². The molecule has 47 heavy (non-hydrogen) atoms. The number of hydrogen-bond acceptors (Lipinski definition) is 5. The van der Waals surface area contributed by atoms with Gasteiger partial charge >= 0.3 is 6.03 Å². The summed E-state index contributed by atoms with van der Waals surface area (Å²) in [5, 5.41) is 10.7. The van der Waals surface area contributed by atoms with Gasteiger partial charge in [0.25, 0.3) is 0 Å². The van der Waals surface area contributed by atoms with Crippen LogP contribution in [0.5, 0.6) is 0 Å². The molecule has 2 aliphatic heterocycles. The van der Waals surface area contributed by atoms with E-state index >= 15 is 0 Å². The summed E-state index contributed by atoms with van der Waals surface area (Å²) >= 11 is 12.2. The standard InChI is InChI=1S/C37H50Cl2N6O.ClH/c1-36(2,27-44-23-7-5-8-24-44)33(21-15-29-11-17-31(38)18-12-29)40-42-35(46)43-41-34(22-16-30-13-19-32(39)20-14-30)37(3,4)28-45-25-9-6-10-26-45;/h11-22H,5-10,23-28H2,1-4H3,(H2,42,43,46);1H/b21-15+,22-16+,40-33-,41-34-;. The molecule has 7 nitrogen and oxygen atoms in total. The Bertz CT molecular complexity index is 1280. The topological polar surface area (TPSA) is 72.3 Å². The SMILES string of the molecule is CC(C)(CN1CCCCC1)C(/C=C/c1ccc(Cl)cc1)=N\NC(=O)N/N=C(/C=C/c1ccc(Cl)cc1)C(C)(C)CN1CCCCC1.Cl. The van der Waals surface area contributed by atoms with E-state index in [1.165, 1.54) is 38.5 Å². The van der Waals surface area contributed by atoms with E-state index in [1.807, 2.05) is 72.8 Å². The van der Waals surface area contributed by atoms with Gasteiger partial charge in [-0.15, -0.1) is 12.4 Å². The predicted octanol–water partition coefficient (Wildman–Crippen LogP) is 9.18. The molecule has 2 saturated heterocycles. The van der Waals surface area contributed by atoms with Crippen molar-refractivity contribution in [3.8, 4) is 0 Å². The highest BCUT2D eigenvalue weighted by molar-refractivity contribution is 6.30. The van der Waals surface area contributed by atoms with Crippen molar-refractivity contribution in [2.24, 2.45) is 21.0 Å². The number of amides is 2. The monoisotopic (exact) mass is 700 g/mol. The molecule has 0 aliphatic carbocycles. The van der Waals surface area contributed by atoms with Crippen LogP contribution in [0.4, 0.5) is 4.79 Å². The molecule has 2 aromatic rings. The molecule has 0 bridgehead atoms. The van der Waals surface area contributed by atoms with E-state index in [-0.39, 0.29) is 23.2 Å². The maximum Gasteiger partial charge on any atom is 0.355 e. The Labute approximate surface area is 297 Å². The van der Waals surface area contributed by atoms with Crippen LogP contribution in [0, 0.1) is 10.8 Å². The average molecular weight is 702 g/mol. The van der Waals surface area contributed by atoms with Crippen LogP contribution in [0.3, 0.4) is 0 Å². The number of benzene rings is 2. The third kappa shape index (κ3) is 13.0. The molecule has 256 valence electrons. The first kappa shape index (κ1) is 38.8. The van der Waals surface area contributed by atoms with Crippen LogP contribution in [0.15, 0.2) is 70.9 Å². The second-order valence-electron chi connectivity index (χ2n) is 13.8. The number of nitrogens with one attached hydrogen (secondary N) is 2. The van der Waals surface area contributed by atoms with Crippen molar-refractivity contribution in [1.82, 2.24) is 20.7 Å². The van der Waals surface area contributed by atoms with Gasteiger partial charge in [-0.1, -0.05) is 100 Å². The van der Waals surface area contributed by atoms with Gasteiger partial charge in [0, 0.05) is 34.0 Å². The minimum absolute atomic E-state index is 0. The highest BCUT2D eigenvalue weighted by atomic mass is 35.5. The van der Waals surface area contributed by atoms with Gasteiger partial charge in [0.05, 0.1) is 11.4 Å². The van der Waals surface area contributed by atoms with Gasteiger partial charge in [0.2, 0.25) is 0 Å². The maximum atomic E-state index is 13.2. The Hall–Kier alpha value is -2.68. The maximum absolute atomic E-state index is 13.2. The van der Waals surface area contributed by atoms with Gasteiger partial charge in [0.15, 0.2) is 0 Å². The number of hydrazone groups is 2. The van der Waals surface area contributed by atoms with Crippen LogP contribution < -0.4 is 10.9 Å². The van der Waals surface area contributed by atoms with Crippen molar-refractivity contribution in [2.45, 2.75) is 66.2 Å². The van der Waals surface area contributed by atoms with Crippen molar-refractivity contribution >= 4 is 65.2 Å². The van der Waals surface area contributed by atoms with Gasteiger partial charge in [-0.3, -0.25) is 0 Å².